The molecule has 3 aromatic rings. The van der Waals surface area contributed by atoms with Crippen LogP contribution in [0, 0.1) is 0 Å². The second-order valence-electron chi connectivity index (χ2n) is 5.53. The van der Waals surface area contributed by atoms with Crippen LogP contribution in [0.5, 0.6) is 0 Å². The molecule has 0 amide bonds. The van der Waals surface area contributed by atoms with Gasteiger partial charge in [0.15, 0.2) is 5.78 Å². The van der Waals surface area contributed by atoms with Crippen LogP contribution in [0.3, 0.4) is 0 Å². The smallest absolute Gasteiger partial charge is 0.200 e. The molecule has 0 spiro atoms. The highest BCUT2D eigenvalue weighted by Crippen LogP contribution is 2.21. The van der Waals surface area contributed by atoms with Gasteiger partial charge in [0.25, 0.3) is 0 Å². The van der Waals surface area contributed by atoms with E-state index in [0.717, 1.165) is 0 Å². The molecule has 106 valence electrons. The first-order chi connectivity index (χ1) is 9.88. The Kier molecular flexibility index (Phi) is 2.92. The number of hydrogen-bond acceptors (Lipinski definition) is 4. The predicted molar refractivity (Wildman–Crippen MR) is 80.6 cm³/mol. The predicted octanol–water partition coefficient (Wildman–Crippen LogP) is 2.90. The minimum absolute atomic E-state index is 0.183. The number of fused-ring (bicyclic) bond motifs is 2. The standard InChI is InChI=1S/C17H14O4/c1-17(2,20)16(19)10-7-8-14-12(9-10)15(18)11-5-3-4-6-13(11)21-14/h3-9,20H,1-2H3. The number of hydrogen-bond donors (Lipinski definition) is 1. The number of carbonyl (C=O) groups excluding carboxylic acids is 1. The van der Waals surface area contributed by atoms with Crippen LogP contribution in [0.2, 0.25) is 0 Å². The fourth-order valence-electron chi connectivity index (χ4n) is 2.30. The van der Waals surface area contributed by atoms with E-state index >= 15 is 0 Å². The molecule has 4 heteroatoms. The molecule has 0 aliphatic carbocycles. The average molecular weight is 282 g/mol. The summed E-state index contributed by atoms with van der Waals surface area (Å²) in [5.74, 6) is -0.433. The number of para-hydroxylation sites is 1. The minimum atomic E-state index is -1.48. The highest BCUT2D eigenvalue weighted by Gasteiger charge is 2.25. The van der Waals surface area contributed by atoms with Crippen molar-refractivity contribution in [1.29, 1.82) is 0 Å². The molecule has 0 saturated carbocycles. The van der Waals surface area contributed by atoms with Gasteiger partial charge in [-0.2, -0.15) is 0 Å². The first-order valence-electron chi connectivity index (χ1n) is 6.61. The second kappa shape index (κ2) is 4.53. The zero-order valence-corrected chi connectivity index (χ0v) is 11.7. The zero-order valence-electron chi connectivity index (χ0n) is 11.7. The number of carbonyl (C=O) groups is 1. The number of Topliss-reactive ketones (excluding diaryl/α,β-unsaturated/α-hetero) is 1. The van der Waals surface area contributed by atoms with Gasteiger partial charge in [0.2, 0.25) is 5.43 Å². The molecule has 1 heterocycles. The van der Waals surface area contributed by atoms with Crippen LogP contribution in [-0.4, -0.2) is 16.5 Å². The Morgan fingerprint density at radius 3 is 2.43 bits per heavy atom. The van der Waals surface area contributed by atoms with Crippen molar-refractivity contribution in [3.05, 3.63) is 58.3 Å². The van der Waals surface area contributed by atoms with Crippen molar-refractivity contribution in [3.8, 4) is 0 Å². The first kappa shape index (κ1) is 13.5. The Bertz CT molecular complexity index is 913. The van der Waals surface area contributed by atoms with E-state index in [0.29, 0.717) is 21.9 Å². The summed E-state index contributed by atoms with van der Waals surface area (Å²) >= 11 is 0. The van der Waals surface area contributed by atoms with Crippen LogP contribution < -0.4 is 5.43 Å². The van der Waals surface area contributed by atoms with Crippen LogP contribution in [0.1, 0.15) is 24.2 Å². The lowest BCUT2D eigenvalue weighted by atomic mass is 9.96. The van der Waals surface area contributed by atoms with Crippen molar-refractivity contribution in [2.45, 2.75) is 19.4 Å². The Labute approximate surface area is 120 Å². The number of benzene rings is 2. The molecule has 2 aromatic carbocycles. The monoisotopic (exact) mass is 282 g/mol. The van der Waals surface area contributed by atoms with Gasteiger partial charge in [-0.3, -0.25) is 9.59 Å². The summed E-state index contributed by atoms with van der Waals surface area (Å²) in [5.41, 5.74) is -0.442. The zero-order chi connectivity index (χ0) is 15.2. The van der Waals surface area contributed by atoms with Gasteiger partial charge in [-0.25, -0.2) is 0 Å². The lowest BCUT2D eigenvalue weighted by molar-refractivity contribution is 0.0488. The minimum Gasteiger partial charge on any atom is -0.456 e. The van der Waals surface area contributed by atoms with Gasteiger partial charge in [-0.05, 0) is 44.2 Å². The summed E-state index contributed by atoms with van der Waals surface area (Å²) in [6, 6.07) is 11.6. The van der Waals surface area contributed by atoms with Gasteiger partial charge in [-0.15, -0.1) is 0 Å². The van der Waals surface area contributed by atoms with Gasteiger partial charge in [-0.1, -0.05) is 12.1 Å². The van der Waals surface area contributed by atoms with Gasteiger partial charge in [0.1, 0.15) is 16.8 Å². The Hall–Kier alpha value is -2.46. The molecule has 0 fully saturated rings. The molecule has 0 bridgehead atoms. The van der Waals surface area contributed by atoms with E-state index in [1.165, 1.54) is 19.9 Å². The van der Waals surface area contributed by atoms with Gasteiger partial charge in [0, 0.05) is 5.56 Å². The maximum atomic E-state index is 12.5. The molecule has 0 atom stereocenters. The summed E-state index contributed by atoms with van der Waals surface area (Å²) in [7, 11) is 0. The van der Waals surface area contributed by atoms with Crippen LogP contribution in [0.15, 0.2) is 51.7 Å². The van der Waals surface area contributed by atoms with Crippen LogP contribution >= 0.6 is 0 Å². The third kappa shape index (κ3) is 2.23. The molecule has 1 N–H and O–H groups in total. The van der Waals surface area contributed by atoms with E-state index in [-0.39, 0.29) is 11.0 Å². The molecule has 0 radical (unpaired) electrons. The summed E-state index contributed by atoms with van der Waals surface area (Å²) < 4.78 is 5.67. The first-order valence-corrected chi connectivity index (χ1v) is 6.61. The largest absolute Gasteiger partial charge is 0.456 e. The highest BCUT2D eigenvalue weighted by atomic mass is 16.3. The number of rotatable bonds is 2. The lowest BCUT2D eigenvalue weighted by Gasteiger charge is -2.15. The maximum absolute atomic E-state index is 12.5. The average Bonchev–Trinajstić information content (AvgIpc) is 2.45. The van der Waals surface area contributed by atoms with Crippen molar-refractivity contribution in [2.75, 3.05) is 0 Å². The molecular formula is C17H14O4. The Morgan fingerprint density at radius 2 is 1.71 bits per heavy atom. The quantitative estimate of drug-likeness (QED) is 0.579. The SMILES string of the molecule is CC(C)(O)C(=O)c1ccc2oc3ccccc3c(=O)c2c1. The molecule has 0 saturated heterocycles. The highest BCUT2D eigenvalue weighted by molar-refractivity contribution is 6.04. The van der Waals surface area contributed by atoms with Crippen LogP contribution in [0.4, 0.5) is 0 Å². The van der Waals surface area contributed by atoms with E-state index in [9.17, 15) is 14.7 Å². The fraction of sp³-hybridized carbons (Fsp3) is 0.176. The molecule has 1 aromatic heterocycles. The molecule has 3 rings (SSSR count). The van der Waals surface area contributed by atoms with Crippen molar-refractivity contribution in [3.63, 3.8) is 0 Å². The van der Waals surface area contributed by atoms with E-state index in [4.69, 9.17) is 4.42 Å². The van der Waals surface area contributed by atoms with Crippen LogP contribution in [0.25, 0.3) is 21.9 Å². The topological polar surface area (TPSA) is 67.5 Å². The summed E-state index contributed by atoms with van der Waals surface area (Å²) in [6.07, 6.45) is 0. The number of aliphatic hydroxyl groups is 1. The fourth-order valence-corrected chi connectivity index (χ4v) is 2.30. The van der Waals surface area contributed by atoms with Crippen molar-refractivity contribution in [1.82, 2.24) is 0 Å². The van der Waals surface area contributed by atoms with E-state index in [1.807, 2.05) is 0 Å². The summed E-state index contributed by atoms with van der Waals surface area (Å²) in [6.45, 7) is 2.84. The third-order valence-corrected chi connectivity index (χ3v) is 3.39. The summed E-state index contributed by atoms with van der Waals surface area (Å²) in [5, 5.41) is 10.6. The van der Waals surface area contributed by atoms with Crippen LogP contribution in [-0.2, 0) is 0 Å². The molecular weight excluding hydrogens is 268 g/mol. The van der Waals surface area contributed by atoms with E-state index < -0.39 is 11.4 Å². The van der Waals surface area contributed by atoms with Crippen molar-refractivity contribution < 1.29 is 14.3 Å². The number of ketones is 1. The molecule has 0 aliphatic rings. The maximum Gasteiger partial charge on any atom is 0.200 e. The molecule has 4 nitrogen and oxygen atoms in total. The molecule has 21 heavy (non-hydrogen) atoms. The van der Waals surface area contributed by atoms with E-state index in [1.54, 1.807) is 36.4 Å². The van der Waals surface area contributed by atoms with Gasteiger partial charge < -0.3 is 9.52 Å². The Morgan fingerprint density at radius 1 is 1.05 bits per heavy atom. The van der Waals surface area contributed by atoms with Gasteiger partial charge >= 0.3 is 0 Å². The lowest BCUT2D eigenvalue weighted by Crippen LogP contribution is -2.31. The van der Waals surface area contributed by atoms with Crippen molar-refractivity contribution >= 4 is 27.7 Å². The van der Waals surface area contributed by atoms with E-state index in [2.05, 4.69) is 0 Å². The van der Waals surface area contributed by atoms with Crippen molar-refractivity contribution in [2.24, 2.45) is 0 Å². The molecule has 0 unspecified atom stereocenters. The normalized spacial score (nSPS) is 12.0. The third-order valence-electron chi connectivity index (χ3n) is 3.39. The Balaban J connectivity index is 2.32. The summed E-state index contributed by atoms with van der Waals surface area (Å²) in [4.78, 5) is 24.6. The molecule has 0 aliphatic heterocycles. The van der Waals surface area contributed by atoms with Gasteiger partial charge in [0.05, 0.1) is 10.8 Å². The second-order valence-corrected chi connectivity index (χ2v) is 5.53.